The van der Waals surface area contributed by atoms with Crippen molar-refractivity contribution in [2.24, 2.45) is 0 Å². The zero-order chi connectivity index (χ0) is 21.2. The number of sulfonamides is 1. The SMILES string of the molecule is CCN(CC)S(=O)(=O)c1ccc(Cl)c(C(=O)NCc2cn3cc(Cl)ccc3n2)c1. The Kier molecular flexibility index (Phi) is 6.48. The summed E-state index contributed by atoms with van der Waals surface area (Å²) >= 11 is 12.1. The highest BCUT2D eigenvalue weighted by molar-refractivity contribution is 7.89. The highest BCUT2D eigenvalue weighted by atomic mass is 35.5. The Morgan fingerprint density at radius 3 is 2.55 bits per heavy atom. The minimum absolute atomic E-state index is 0.0260. The number of hydrogen-bond donors (Lipinski definition) is 1. The third-order valence-corrected chi connectivity index (χ3v) is 7.02. The van der Waals surface area contributed by atoms with Crippen LogP contribution in [0, 0.1) is 0 Å². The van der Waals surface area contributed by atoms with Crippen molar-refractivity contribution in [3.8, 4) is 0 Å². The first-order valence-corrected chi connectivity index (χ1v) is 11.2. The van der Waals surface area contributed by atoms with Crippen molar-refractivity contribution in [3.63, 3.8) is 0 Å². The van der Waals surface area contributed by atoms with Crippen molar-refractivity contribution in [2.75, 3.05) is 13.1 Å². The summed E-state index contributed by atoms with van der Waals surface area (Å²) in [5.74, 6) is -0.485. The lowest BCUT2D eigenvalue weighted by atomic mass is 10.2. The van der Waals surface area contributed by atoms with Gasteiger partial charge in [0, 0.05) is 25.5 Å². The number of benzene rings is 1. The molecule has 0 aliphatic carbocycles. The average Bonchev–Trinajstić information content (AvgIpc) is 3.09. The standard InChI is InChI=1S/C19H20Cl2N4O3S/c1-3-25(4-2)29(27,28)15-6-7-17(21)16(9-15)19(26)22-10-14-12-24-11-13(20)5-8-18(24)23-14/h5-9,11-12H,3-4,10H2,1-2H3,(H,22,26). The smallest absolute Gasteiger partial charge is 0.253 e. The van der Waals surface area contributed by atoms with Gasteiger partial charge in [-0.1, -0.05) is 37.0 Å². The van der Waals surface area contributed by atoms with Gasteiger partial charge in [0.25, 0.3) is 5.91 Å². The average molecular weight is 455 g/mol. The fraction of sp³-hybridized carbons (Fsp3) is 0.263. The second kappa shape index (κ2) is 8.71. The number of fused-ring (bicyclic) bond motifs is 1. The Labute approximate surface area is 179 Å². The van der Waals surface area contributed by atoms with Gasteiger partial charge in [-0.25, -0.2) is 13.4 Å². The number of carbonyl (C=O) groups excluding carboxylic acids is 1. The molecular weight excluding hydrogens is 435 g/mol. The molecule has 7 nitrogen and oxygen atoms in total. The molecule has 2 heterocycles. The maximum atomic E-state index is 12.7. The van der Waals surface area contributed by atoms with Crippen LogP contribution in [0.4, 0.5) is 0 Å². The van der Waals surface area contributed by atoms with Crippen molar-refractivity contribution in [3.05, 3.63) is 64.0 Å². The molecule has 154 valence electrons. The molecule has 10 heteroatoms. The van der Waals surface area contributed by atoms with Crippen LogP contribution in [-0.2, 0) is 16.6 Å². The lowest BCUT2D eigenvalue weighted by molar-refractivity contribution is 0.0950. The van der Waals surface area contributed by atoms with E-state index in [0.717, 1.165) is 0 Å². The van der Waals surface area contributed by atoms with E-state index in [1.807, 2.05) is 0 Å². The van der Waals surface area contributed by atoms with Crippen LogP contribution in [0.1, 0.15) is 29.9 Å². The molecule has 0 aliphatic rings. The highest BCUT2D eigenvalue weighted by Gasteiger charge is 2.24. The Bertz CT molecular complexity index is 1160. The molecule has 1 amide bonds. The molecule has 0 saturated carbocycles. The molecule has 0 unspecified atom stereocenters. The Hall–Kier alpha value is -2.13. The van der Waals surface area contributed by atoms with Crippen LogP contribution in [-0.4, -0.2) is 41.1 Å². The molecule has 3 aromatic rings. The predicted octanol–water partition coefficient (Wildman–Crippen LogP) is 3.60. The number of imidazole rings is 1. The van der Waals surface area contributed by atoms with Crippen molar-refractivity contribution < 1.29 is 13.2 Å². The molecule has 0 atom stereocenters. The molecule has 1 N–H and O–H groups in total. The number of carbonyl (C=O) groups is 1. The predicted molar refractivity (Wildman–Crippen MR) is 113 cm³/mol. The summed E-state index contributed by atoms with van der Waals surface area (Å²) < 4.78 is 28.5. The van der Waals surface area contributed by atoms with Gasteiger partial charge in [-0.2, -0.15) is 4.31 Å². The normalized spacial score (nSPS) is 11.9. The third-order valence-electron chi connectivity index (χ3n) is 4.42. The summed E-state index contributed by atoms with van der Waals surface area (Å²) in [4.78, 5) is 17.1. The first kappa shape index (κ1) is 21.6. The quantitative estimate of drug-likeness (QED) is 0.590. The number of aromatic nitrogens is 2. The zero-order valence-electron chi connectivity index (χ0n) is 15.9. The number of hydrogen-bond acceptors (Lipinski definition) is 4. The molecule has 2 aromatic heterocycles. The topological polar surface area (TPSA) is 83.8 Å². The summed E-state index contributed by atoms with van der Waals surface area (Å²) in [6.45, 7) is 4.34. The Balaban J connectivity index is 1.81. The monoisotopic (exact) mass is 454 g/mol. The van der Waals surface area contributed by atoms with Crippen molar-refractivity contribution in [1.29, 1.82) is 0 Å². The number of amides is 1. The molecule has 0 bridgehead atoms. The summed E-state index contributed by atoms with van der Waals surface area (Å²) in [5, 5.41) is 3.47. The van der Waals surface area contributed by atoms with E-state index in [1.54, 1.807) is 42.8 Å². The lowest BCUT2D eigenvalue weighted by Crippen LogP contribution is -2.31. The van der Waals surface area contributed by atoms with Gasteiger partial charge in [-0.05, 0) is 30.3 Å². The Morgan fingerprint density at radius 2 is 1.86 bits per heavy atom. The van der Waals surface area contributed by atoms with Gasteiger partial charge in [-0.15, -0.1) is 0 Å². The number of nitrogens with one attached hydrogen (secondary N) is 1. The van der Waals surface area contributed by atoms with E-state index >= 15 is 0 Å². The molecule has 0 fully saturated rings. The van der Waals surface area contributed by atoms with E-state index in [4.69, 9.17) is 23.2 Å². The van der Waals surface area contributed by atoms with Crippen molar-refractivity contribution in [1.82, 2.24) is 19.0 Å². The highest BCUT2D eigenvalue weighted by Crippen LogP contribution is 2.23. The van der Waals surface area contributed by atoms with Gasteiger partial charge >= 0.3 is 0 Å². The summed E-state index contributed by atoms with van der Waals surface area (Å²) in [7, 11) is -3.70. The van der Waals surface area contributed by atoms with Crippen LogP contribution in [0.25, 0.3) is 5.65 Å². The number of nitrogens with zero attached hydrogens (tertiary/aromatic N) is 3. The first-order chi connectivity index (χ1) is 13.8. The molecular formula is C19H20Cl2N4O3S. The first-order valence-electron chi connectivity index (χ1n) is 8.97. The molecule has 1 aromatic carbocycles. The van der Waals surface area contributed by atoms with Gasteiger partial charge in [0.05, 0.1) is 32.7 Å². The molecule has 0 saturated heterocycles. The summed E-state index contributed by atoms with van der Waals surface area (Å²) in [6.07, 6.45) is 3.47. The zero-order valence-corrected chi connectivity index (χ0v) is 18.2. The van der Waals surface area contributed by atoms with Gasteiger partial charge in [0.2, 0.25) is 10.0 Å². The minimum atomic E-state index is -3.70. The van der Waals surface area contributed by atoms with E-state index in [-0.39, 0.29) is 22.0 Å². The van der Waals surface area contributed by atoms with Crippen LogP contribution in [0.15, 0.2) is 47.6 Å². The molecule has 29 heavy (non-hydrogen) atoms. The second-order valence-corrected chi connectivity index (χ2v) is 9.04. The van der Waals surface area contributed by atoms with E-state index < -0.39 is 15.9 Å². The molecule has 0 aliphatic heterocycles. The maximum absolute atomic E-state index is 12.7. The molecule has 0 spiro atoms. The summed E-state index contributed by atoms with van der Waals surface area (Å²) in [6, 6.07) is 7.62. The minimum Gasteiger partial charge on any atom is -0.346 e. The Morgan fingerprint density at radius 1 is 1.14 bits per heavy atom. The van der Waals surface area contributed by atoms with Gasteiger partial charge < -0.3 is 9.72 Å². The van der Waals surface area contributed by atoms with Crippen LogP contribution in [0.5, 0.6) is 0 Å². The van der Waals surface area contributed by atoms with E-state index in [0.29, 0.717) is 29.5 Å². The fourth-order valence-corrected chi connectivity index (χ4v) is 4.78. The third kappa shape index (κ3) is 4.56. The largest absolute Gasteiger partial charge is 0.346 e. The van der Waals surface area contributed by atoms with Crippen LogP contribution >= 0.6 is 23.2 Å². The van der Waals surface area contributed by atoms with E-state index in [1.165, 1.54) is 22.5 Å². The second-order valence-electron chi connectivity index (χ2n) is 6.26. The van der Waals surface area contributed by atoms with Crippen molar-refractivity contribution in [2.45, 2.75) is 25.3 Å². The molecule has 0 radical (unpaired) electrons. The number of halogens is 2. The summed E-state index contributed by atoms with van der Waals surface area (Å²) in [5.41, 5.74) is 1.42. The maximum Gasteiger partial charge on any atom is 0.253 e. The van der Waals surface area contributed by atoms with Crippen LogP contribution in [0.2, 0.25) is 10.0 Å². The van der Waals surface area contributed by atoms with Gasteiger partial charge in [0.15, 0.2) is 0 Å². The number of rotatable bonds is 7. The lowest BCUT2D eigenvalue weighted by Gasteiger charge is -2.19. The van der Waals surface area contributed by atoms with E-state index in [2.05, 4.69) is 10.3 Å². The van der Waals surface area contributed by atoms with Crippen molar-refractivity contribution >= 4 is 44.8 Å². The van der Waals surface area contributed by atoms with E-state index in [9.17, 15) is 13.2 Å². The van der Waals surface area contributed by atoms with Gasteiger partial charge in [0.1, 0.15) is 5.65 Å². The van der Waals surface area contributed by atoms with Gasteiger partial charge in [-0.3, -0.25) is 4.79 Å². The van der Waals surface area contributed by atoms with Crippen LogP contribution < -0.4 is 5.32 Å². The molecule has 3 rings (SSSR count). The number of pyridine rings is 1. The fourth-order valence-electron chi connectivity index (χ4n) is 2.92. The van der Waals surface area contributed by atoms with Crippen LogP contribution in [0.3, 0.4) is 0 Å².